The summed E-state index contributed by atoms with van der Waals surface area (Å²) in [7, 11) is 0. The van der Waals surface area contributed by atoms with E-state index in [1.54, 1.807) is 6.33 Å². The van der Waals surface area contributed by atoms with E-state index in [0.29, 0.717) is 12.3 Å². The number of aryl methyl sites for hydroxylation is 1. The molecule has 118 valence electrons. The van der Waals surface area contributed by atoms with E-state index in [-0.39, 0.29) is 11.9 Å². The van der Waals surface area contributed by atoms with E-state index in [4.69, 9.17) is 0 Å². The number of nitrogens with zero attached hydrogens (tertiary/aromatic N) is 4. The van der Waals surface area contributed by atoms with E-state index in [1.165, 1.54) is 0 Å². The van der Waals surface area contributed by atoms with Gasteiger partial charge in [-0.3, -0.25) is 4.79 Å². The first-order valence-corrected chi connectivity index (χ1v) is 8.03. The molecule has 1 aromatic heterocycles. The lowest BCUT2D eigenvalue weighted by Crippen LogP contribution is -2.36. The lowest BCUT2D eigenvalue weighted by atomic mass is 9.93. The highest BCUT2D eigenvalue weighted by Gasteiger charge is 2.22. The average molecular weight is 293 g/mol. The Morgan fingerprint density at radius 1 is 1.38 bits per heavy atom. The molecule has 1 aliphatic rings. The number of piperidine rings is 1. The van der Waals surface area contributed by atoms with E-state index >= 15 is 0 Å². The van der Waals surface area contributed by atoms with E-state index in [0.717, 1.165) is 44.8 Å². The molecule has 0 saturated carbocycles. The van der Waals surface area contributed by atoms with Crippen LogP contribution in [0.25, 0.3) is 0 Å². The van der Waals surface area contributed by atoms with Crippen molar-refractivity contribution in [3.05, 3.63) is 12.2 Å². The third kappa shape index (κ3) is 4.27. The van der Waals surface area contributed by atoms with Crippen LogP contribution in [-0.4, -0.2) is 45.2 Å². The van der Waals surface area contributed by atoms with Crippen LogP contribution in [0.15, 0.2) is 6.33 Å². The monoisotopic (exact) mass is 293 g/mol. The molecule has 1 amide bonds. The molecular weight excluding hydrogens is 266 g/mol. The predicted octanol–water partition coefficient (Wildman–Crippen LogP) is 1.60. The van der Waals surface area contributed by atoms with Crippen molar-refractivity contribution in [1.82, 2.24) is 25.0 Å². The number of nitrogens with one attached hydrogen (secondary N) is 1. The number of rotatable bonds is 6. The minimum atomic E-state index is -0.0873. The zero-order chi connectivity index (χ0) is 15.2. The van der Waals surface area contributed by atoms with Gasteiger partial charge in [0.15, 0.2) is 5.82 Å². The number of hydrogen-bond acceptors (Lipinski definition) is 4. The number of carbonyl (C=O) groups excluding carboxylic acids is 1. The van der Waals surface area contributed by atoms with Crippen molar-refractivity contribution in [2.24, 2.45) is 5.92 Å². The summed E-state index contributed by atoms with van der Waals surface area (Å²) in [5.41, 5.74) is 0. The van der Waals surface area contributed by atoms with Crippen molar-refractivity contribution in [1.29, 1.82) is 0 Å². The Labute approximate surface area is 126 Å². The second-order valence-electron chi connectivity index (χ2n) is 5.85. The predicted molar refractivity (Wildman–Crippen MR) is 81.7 cm³/mol. The summed E-state index contributed by atoms with van der Waals surface area (Å²) < 4.78 is 1.96. The van der Waals surface area contributed by atoms with E-state index in [9.17, 15) is 4.79 Å². The van der Waals surface area contributed by atoms with Gasteiger partial charge in [-0.15, -0.1) is 10.2 Å². The van der Waals surface area contributed by atoms with Gasteiger partial charge in [0, 0.05) is 13.0 Å². The second kappa shape index (κ2) is 7.54. The molecule has 0 bridgehead atoms. The molecule has 6 heteroatoms. The summed E-state index contributed by atoms with van der Waals surface area (Å²) in [6, 6.07) is -0.0873. The Balaban J connectivity index is 1.79. The van der Waals surface area contributed by atoms with Gasteiger partial charge in [0.2, 0.25) is 5.91 Å². The highest BCUT2D eigenvalue weighted by Crippen LogP contribution is 2.20. The molecule has 1 aromatic rings. The van der Waals surface area contributed by atoms with Crippen LogP contribution in [0.5, 0.6) is 0 Å². The molecule has 1 atom stereocenters. The standard InChI is InChI=1S/C15H27N5O/c1-4-19-8-6-13(7-9-19)10-14(21)17-12(3)15-18-16-11-20(15)5-2/h11-13H,4-10H2,1-3H3,(H,17,21)/t12-/m1/s1. The van der Waals surface area contributed by atoms with Crippen LogP contribution < -0.4 is 5.32 Å². The molecule has 2 heterocycles. The van der Waals surface area contributed by atoms with Crippen LogP contribution in [-0.2, 0) is 11.3 Å². The number of hydrogen-bond donors (Lipinski definition) is 1. The second-order valence-corrected chi connectivity index (χ2v) is 5.85. The van der Waals surface area contributed by atoms with Gasteiger partial charge in [0.1, 0.15) is 6.33 Å². The van der Waals surface area contributed by atoms with Gasteiger partial charge >= 0.3 is 0 Å². The largest absolute Gasteiger partial charge is 0.346 e. The Bertz CT molecular complexity index is 451. The summed E-state index contributed by atoms with van der Waals surface area (Å²) >= 11 is 0. The summed E-state index contributed by atoms with van der Waals surface area (Å²) in [4.78, 5) is 14.6. The molecular formula is C15H27N5O. The zero-order valence-corrected chi connectivity index (χ0v) is 13.4. The topological polar surface area (TPSA) is 63.1 Å². The Morgan fingerprint density at radius 2 is 2.10 bits per heavy atom. The van der Waals surface area contributed by atoms with Crippen molar-refractivity contribution in [2.75, 3.05) is 19.6 Å². The van der Waals surface area contributed by atoms with Crippen molar-refractivity contribution in [3.63, 3.8) is 0 Å². The Hall–Kier alpha value is -1.43. The minimum Gasteiger partial charge on any atom is -0.346 e. The maximum atomic E-state index is 12.2. The SMILES string of the molecule is CCN1CCC(CC(=O)N[C@H](C)c2nncn2CC)CC1. The first kappa shape index (κ1) is 15.9. The fourth-order valence-corrected chi connectivity index (χ4v) is 2.98. The highest BCUT2D eigenvalue weighted by molar-refractivity contribution is 5.76. The summed E-state index contributed by atoms with van der Waals surface area (Å²) in [5, 5.41) is 11.1. The smallest absolute Gasteiger partial charge is 0.220 e. The molecule has 1 fully saturated rings. The highest BCUT2D eigenvalue weighted by atomic mass is 16.1. The van der Waals surface area contributed by atoms with Gasteiger partial charge in [-0.25, -0.2) is 0 Å². The molecule has 0 aliphatic carbocycles. The van der Waals surface area contributed by atoms with Crippen molar-refractivity contribution >= 4 is 5.91 Å². The Kier molecular flexibility index (Phi) is 5.73. The van der Waals surface area contributed by atoms with E-state index < -0.39 is 0 Å². The maximum absolute atomic E-state index is 12.2. The van der Waals surface area contributed by atoms with Gasteiger partial charge in [0.25, 0.3) is 0 Å². The third-order valence-electron chi connectivity index (χ3n) is 4.38. The van der Waals surface area contributed by atoms with Gasteiger partial charge in [0.05, 0.1) is 6.04 Å². The van der Waals surface area contributed by atoms with Crippen LogP contribution in [0, 0.1) is 5.92 Å². The molecule has 0 spiro atoms. The Morgan fingerprint density at radius 3 is 2.71 bits per heavy atom. The molecule has 0 radical (unpaired) electrons. The van der Waals surface area contributed by atoms with E-state index in [1.807, 2.05) is 18.4 Å². The van der Waals surface area contributed by atoms with Crippen LogP contribution in [0.4, 0.5) is 0 Å². The van der Waals surface area contributed by atoms with Crippen molar-refractivity contribution < 1.29 is 4.79 Å². The van der Waals surface area contributed by atoms with Gasteiger partial charge in [-0.05, 0) is 52.2 Å². The van der Waals surface area contributed by atoms with E-state index in [2.05, 4.69) is 27.3 Å². The maximum Gasteiger partial charge on any atom is 0.220 e. The van der Waals surface area contributed by atoms with Gasteiger partial charge < -0.3 is 14.8 Å². The van der Waals surface area contributed by atoms with Crippen LogP contribution in [0.3, 0.4) is 0 Å². The van der Waals surface area contributed by atoms with Crippen LogP contribution in [0.2, 0.25) is 0 Å². The number of amides is 1. The van der Waals surface area contributed by atoms with Crippen LogP contribution in [0.1, 0.15) is 51.9 Å². The number of likely N-dealkylation sites (tertiary alicyclic amines) is 1. The van der Waals surface area contributed by atoms with Gasteiger partial charge in [-0.2, -0.15) is 0 Å². The molecule has 6 nitrogen and oxygen atoms in total. The van der Waals surface area contributed by atoms with Crippen LogP contribution >= 0.6 is 0 Å². The third-order valence-corrected chi connectivity index (χ3v) is 4.38. The fraction of sp³-hybridized carbons (Fsp3) is 0.800. The number of aromatic nitrogens is 3. The summed E-state index contributed by atoms with van der Waals surface area (Å²) in [5.74, 6) is 1.47. The normalized spacial score (nSPS) is 18.6. The number of carbonyl (C=O) groups is 1. The quantitative estimate of drug-likeness (QED) is 0.865. The molecule has 21 heavy (non-hydrogen) atoms. The first-order chi connectivity index (χ1) is 10.1. The molecule has 1 saturated heterocycles. The zero-order valence-electron chi connectivity index (χ0n) is 13.4. The summed E-state index contributed by atoms with van der Waals surface area (Å²) in [6.45, 7) is 10.4. The fourth-order valence-electron chi connectivity index (χ4n) is 2.98. The molecule has 1 aliphatic heterocycles. The minimum absolute atomic E-state index is 0.0873. The summed E-state index contributed by atoms with van der Waals surface area (Å²) in [6.07, 6.45) is 4.59. The lowest BCUT2D eigenvalue weighted by molar-refractivity contribution is -0.123. The average Bonchev–Trinajstić information content (AvgIpc) is 2.96. The van der Waals surface area contributed by atoms with Crippen molar-refractivity contribution in [3.8, 4) is 0 Å². The molecule has 0 unspecified atom stereocenters. The van der Waals surface area contributed by atoms with Gasteiger partial charge in [-0.1, -0.05) is 6.92 Å². The first-order valence-electron chi connectivity index (χ1n) is 8.03. The molecule has 2 rings (SSSR count). The molecule has 1 N–H and O–H groups in total. The molecule has 0 aromatic carbocycles. The lowest BCUT2D eigenvalue weighted by Gasteiger charge is -2.30. The van der Waals surface area contributed by atoms with Crippen molar-refractivity contribution in [2.45, 2.75) is 52.6 Å².